The topological polar surface area (TPSA) is 52.6 Å². The first-order valence-corrected chi connectivity index (χ1v) is 10.8. The lowest BCUT2D eigenvalue weighted by atomic mass is 9.84. The van der Waals surface area contributed by atoms with Crippen LogP contribution in [0.5, 0.6) is 0 Å². The zero-order valence-electron chi connectivity index (χ0n) is 18.0. The van der Waals surface area contributed by atoms with E-state index < -0.39 is 11.7 Å². The summed E-state index contributed by atoms with van der Waals surface area (Å²) in [7, 11) is 0. The third kappa shape index (κ3) is 6.67. The van der Waals surface area contributed by atoms with Crippen molar-refractivity contribution in [2.75, 3.05) is 6.61 Å². The Hall–Kier alpha value is -2.20. The molecule has 0 spiro atoms. The minimum absolute atomic E-state index is 0.197. The van der Waals surface area contributed by atoms with Gasteiger partial charge in [-0.3, -0.25) is 9.59 Å². The highest BCUT2D eigenvalue weighted by Gasteiger charge is 2.41. The molecule has 4 heteroatoms. The molecule has 29 heavy (non-hydrogen) atoms. The molecule has 2 unspecified atom stereocenters. The first-order valence-electron chi connectivity index (χ1n) is 10.8. The van der Waals surface area contributed by atoms with Gasteiger partial charge in [0.15, 0.2) is 11.7 Å². The number of carbonyl (C=O) groups excluding carboxylic acids is 2. The number of hydrogen-bond acceptors (Lipinski definition) is 4. The van der Waals surface area contributed by atoms with E-state index in [0.717, 1.165) is 36.8 Å². The van der Waals surface area contributed by atoms with Crippen LogP contribution in [0, 0.1) is 0 Å². The molecule has 158 valence electrons. The van der Waals surface area contributed by atoms with Crippen LogP contribution in [0.2, 0.25) is 0 Å². The summed E-state index contributed by atoms with van der Waals surface area (Å²) in [5.41, 5.74) is 1.10. The molecule has 0 aromatic heterocycles. The third-order valence-electron chi connectivity index (χ3n) is 5.17. The molecule has 0 saturated carbocycles. The second-order valence-corrected chi connectivity index (χ2v) is 7.61. The predicted molar refractivity (Wildman–Crippen MR) is 116 cm³/mol. The molecule has 2 atom stereocenters. The summed E-state index contributed by atoms with van der Waals surface area (Å²) in [6, 6.07) is 10.1. The molecule has 0 radical (unpaired) electrons. The molecule has 2 rings (SSSR count). The fourth-order valence-corrected chi connectivity index (χ4v) is 3.47. The quantitative estimate of drug-likeness (QED) is 0.336. The average Bonchev–Trinajstić information content (AvgIpc) is 2.74. The van der Waals surface area contributed by atoms with Crippen molar-refractivity contribution in [3.8, 4) is 0 Å². The Morgan fingerprint density at radius 3 is 2.45 bits per heavy atom. The van der Waals surface area contributed by atoms with Crippen molar-refractivity contribution in [1.29, 1.82) is 0 Å². The number of Topliss-reactive ketones (excluding diaryl/α,β-unsaturated/α-hetero) is 1. The Balaban J connectivity index is 2.12. The Bertz CT molecular complexity index is 720. The van der Waals surface area contributed by atoms with E-state index in [1.807, 2.05) is 55.5 Å². The zero-order chi connectivity index (χ0) is 21.1. The molecule has 0 bridgehead atoms. The molecule has 1 aromatic carbocycles. The number of benzene rings is 1. The maximum absolute atomic E-state index is 13.2. The van der Waals surface area contributed by atoms with Crippen LogP contribution in [-0.4, -0.2) is 30.1 Å². The lowest BCUT2D eigenvalue weighted by Gasteiger charge is -2.33. The van der Waals surface area contributed by atoms with Crippen LogP contribution in [0.25, 0.3) is 5.57 Å². The molecular formula is C25H34O4. The summed E-state index contributed by atoms with van der Waals surface area (Å²) < 4.78 is 11.5. The van der Waals surface area contributed by atoms with Gasteiger partial charge in [0.05, 0.1) is 0 Å². The largest absolute Gasteiger partial charge is 0.455 e. The van der Waals surface area contributed by atoms with Crippen LogP contribution in [0.15, 0.2) is 48.6 Å². The second kappa shape index (κ2) is 11.7. The van der Waals surface area contributed by atoms with Gasteiger partial charge in [-0.15, -0.1) is 0 Å². The SMILES string of the molecule is CCCCCCOC1(C(=O)C(C)OC(=O)CCC)C=CC(c2ccccc2)=CC1. The molecule has 0 heterocycles. The van der Waals surface area contributed by atoms with E-state index in [4.69, 9.17) is 9.47 Å². The van der Waals surface area contributed by atoms with Crippen molar-refractivity contribution in [3.05, 3.63) is 54.1 Å². The molecule has 1 aliphatic carbocycles. The number of ether oxygens (including phenoxy) is 2. The van der Waals surface area contributed by atoms with Crippen molar-refractivity contribution < 1.29 is 19.1 Å². The first kappa shape index (κ1) is 23.1. The van der Waals surface area contributed by atoms with Gasteiger partial charge < -0.3 is 9.47 Å². The summed E-state index contributed by atoms with van der Waals surface area (Å²) in [5.74, 6) is -0.538. The maximum Gasteiger partial charge on any atom is 0.306 e. The summed E-state index contributed by atoms with van der Waals surface area (Å²) in [5, 5.41) is 0. The number of allylic oxidation sites excluding steroid dienone is 2. The molecule has 4 nitrogen and oxygen atoms in total. The number of rotatable bonds is 12. The molecule has 0 aliphatic heterocycles. The van der Waals surface area contributed by atoms with Crippen molar-refractivity contribution in [2.45, 2.75) is 77.4 Å². The Morgan fingerprint density at radius 2 is 1.83 bits per heavy atom. The van der Waals surface area contributed by atoms with Gasteiger partial charge in [0, 0.05) is 19.4 Å². The van der Waals surface area contributed by atoms with E-state index in [-0.39, 0.29) is 11.8 Å². The summed E-state index contributed by atoms with van der Waals surface area (Å²) >= 11 is 0. The lowest BCUT2D eigenvalue weighted by Crippen LogP contribution is -2.47. The van der Waals surface area contributed by atoms with Gasteiger partial charge in [-0.25, -0.2) is 0 Å². The molecule has 0 N–H and O–H groups in total. The van der Waals surface area contributed by atoms with Gasteiger partial charge in [0.2, 0.25) is 5.78 Å². The average molecular weight is 399 g/mol. The van der Waals surface area contributed by atoms with Gasteiger partial charge >= 0.3 is 5.97 Å². The van der Waals surface area contributed by atoms with E-state index in [2.05, 4.69) is 6.92 Å². The number of hydrogen-bond donors (Lipinski definition) is 0. The maximum atomic E-state index is 13.2. The van der Waals surface area contributed by atoms with Crippen LogP contribution in [-0.2, 0) is 19.1 Å². The smallest absolute Gasteiger partial charge is 0.306 e. The van der Waals surface area contributed by atoms with Crippen LogP contribution >= 0.6 is 0 Å². The lowest BCUT2D eigenvalue weighted by molar-refractivity contribution is -0.162. The van der Waals surface area contributed by atoms with Gasteiger partial charge in [-0.2, -0.15) is 0 Å². The Morgan fingerprint density at radius 1 is 1.07 bits per heavy atom. The number of carbonyl (C=O) groups is 2. The summed E-state index contributed by atoms with van der Waals surface area (Å²) in [4.78, 5) is 25.1. The van der Waals surface area contributed by atoms with Crippen molar-refractivity contribution in [2.24, 2.45) is 0 Å². The molecule has 0 fully saturated rings. The van der Waals surface area contributed by atoms with Crippen LogP contribution in [0.4, 0.5) is 0 Å². The number of esters is 1. The molecule has 1 aliphatic rings. The van der Waals surface area contributed by atoms with Gasteiger partial charge in [-0.1, -0.05) is 75.6 Å². The van der Waals surface area contributed by atoms with Crippen molar-refractivity contribution >= 4 is 17.3 Å². The molecular weight excluding hydrogens is 364 g/mol. The van der Waals surface area contributed by atoms with E-state index in [9.17, 15) is 9.59 Å². The highest BCUT2D eigenvalue weighted by molar-refractivity contribution is 5.96. The monoisotopic (exact) mass is 398 g/mol. The zero-order valence-corrected chi connectivity index (χ0v) is 18.0. The minimum atomic E-state index is -1.07. The highest BCUT2D eigenvalue weighted by Crippen LogP contribution is 2.32. The highest BCUT2D eigenvalue weighted by atomic mass is 16.6. The second-order valence-electron chi connectivity index (χ2n) is 7.61. The van der Waals surface area contributed by atoms with Gasteiger partial charge in [0.25, 0.3) is 0 Å². The predicted octanol–water partition coefficient (Wildman–Crippen LogP) is 5.67. The van der Waals surface area contributed by atoms with Crippen LogP contribution < -0.4 is 0 Å². The van der Waals surface area contributed by atoms with Crippen LogP contribution in [0.1, 0.15) is 71.3 Å². The normalized spacial score (nSPS) is 19.5. The Labute approximate surface area is 175 Å². The molecule has 1 aromatic rings. The van der Waals surface area contributed by atoms with E-state index in [0.29, 0.717) is 25.9 Å². The molecule has 0 amide bonds. The van der Waals surface area contributed by atoms with E-state index in [1.54, 1.807) is 6.92 Å². The number of unbranched alkanes of at least 4 members (excludes halogenated alkanes) is 3. The van der Waals surface area contributed by atoms with E-state index >= 15 is 0 Å². The fraction of sp³-hybridized carbons (Fsp3) is 0.520. The Kier molecular flexibility index (Phi) is 9.33. The third-order valence-corrected chi connectivity index (χ3v) is 5.17. The minimum Gasteiger partial charge on any atom is -0.455 e. The van der Waals surface area contributed by atoms with Crippen molar-refractivity contribution in [1.82, 2.24) is 0 Å². The van der Waals surface area contributed by atoms with Crippen molar-refractivity contribution in [3.63, 3.8) is 0 Å². The first-order chi connectivity index (χ1) is 14.0. The van der Waals surface area contributed by atoms with Crippen LogP contribution in [0.3, 0.4) is 0 Å². The molecule has 0 saturated heterocycles. The summed E-state index contributed by atoms with van der Waals surface area (Å²) in [6.45, 7) is 6.23. The van der Waals surface area contributed by atoms with Gasteiger partial charge in [0.1, 0.15) is 0 Å². The fourth-order valence-electron chi connectivity index (χ4n) is 3.47. The number of ketones is 1. The van der Waals surface area contributed by atoms with E-state index in [1.165, 1.54) is 0 Å². The summed E-state index contributed by atoms with van der Waals surface area (Å²) in [6.07, 6.45) is 10.8. The van der Waals surface area contributed by atoms with Gasteiger partial charge in [-0.05, 0) is 37.0 Å². The standard InChI is InChI=1S/C25H34O4/c1-4-6-7-11-19-28-25(24(27)20(3)29-23(26)12-5-2)17-15-22(16-18-25)21-13-9-8-10-14-21/h8-10,13-17,20H,4-7,11-12,18-19H2,1-3H3.